The minimum atomic E-state index is -0.793. The number of hydrogen-bond acceptors (Lipinski definition) is 6. The summed E-state index contributed by atoms with van der Waals surface area (Å²) in [5.41, 5.74) is 0. The zero-order chi connectivity index (χ0) is 45.1. The van der Waals surface area contributed by atoms with Gasteiger partial charge < -0.3 is 14.2 Å². The number of esters is 3. The van der Waals surface area contributed by atoms with Crippen LogP contribution in [0.3, 0.4) is 0 Å². The first-order valence-corrected chi connectivity index (χ1v) is 25.6. The second-order valence-corrected chi connectivity index (χ2v) is 16.7. The molecule has 0 aliphatic heterocycles. The lowest BCUT2D eigenvalue weighted by Gasteiger charge is -2.18. The summed E-state index contributed by atoms with van der Waals surface area (Å²) in [5.74, 6) is -0.940. The number of unbranched alkanes of at least 4 members (excludes halogenated alkanes) is 20. The Morgan fingerprint density at radius 2 is 0.629 bits per heavy atom. The quantitative estimate of drug-likeness (QED) is 0.0263. The van der Waals surface area contributed by atoms with Crippen LogP contribution >= 0.6 is 0 Å². The van der Waals surface area contributed by atoms with Crippen LogP contribution in [0.2, 0.25) is 0 Å². The molecule has 0 aliphatic carbocycles. The monoisotopic (exact) mass is 863 g/mol. The van der Waals surface area contributed by atoms with Crippen molar-refractivity contribution in [1.82, 2.24) is 0 Å². The molecule has 0 spiro atoms. The van der Waals surface area contributed by atoms with Crippen LogP contribution < -0.4 is 0 Å². The molecule has 0 aromatic carbocycles. The van der Waals surface area contributed by atoms with Crippen molar-refractivity contribution in [2.75, 3.05) is 13.2 Å². The standard InChI is InChI=1S/C56H94O6/c1-4-7-10-13-16-19-22-25-26-27-28-29-30-32-34-37-40-43-46-49-55(58)61-52-53(51-60-54(57)48-45-42-39-36-33-24-21-18-15-12-9-6-3)62-56(59)50-47-44-41-38-35-31-23-20-17-14-11-8-5-2/h7,9-10,12,16,18-19,21,25-26,28-29,32,34,53H,4-6,8,11,13-15,17,20,22-24,27,30-31,33,35-52H2,1-3H3/b10-7-,12-9-,19-16-,21-18-,26-25-,29-28-,34-32-. The molecule has 0 saturated carbocycles. The molecule has 0 fully saturated rings. The van der Waals surface area contributed by atoms with Gasteiger partial charge in [0.25, 0.3) is 0 Å². The Morgan fingerprint density at radius 3 is 1.00 bits per heavy atom. The molecule has 6 nitrogen and oxygen atoms in total. The Labute approximate surface area is 382 Å². The van der Waals surface area contributed by atoms with Gasteiger partial charge in [-0.05, 0) is 89.9 Å². The maximum Gasteiger partial charge on any atom is 0.306 e. The summed E-state index contributed by atoms with van der Waals surface area (Å²) in [5, 5.41) is 0. The fourth-order valence-electron chi connectivity index (χ4n) is 6.86. The number of rotatable bonds is 45. The number of ether oxygens (including phenoxy) is 3. The molecule has 0 heterocycles. The third-order valence-electron chi connectivity index (χ3n) is 10.6. The van der Waals surface area contributed by atoms with Gasteiger partial charge >= 0.3 is 17.9 Å². The molecule has 0 aliphatic rings. The SMILES string of the molecule is CC/C=C\C/C=C\C/C=C\C/C=C\C/C=C\CCCCCC(=O)OCC(COC(=O)CCCCCCC/C=C\C/C=C\CC)OC(=O)CCCCCCCCCCCCCCC. The van der Waals surface area contributed by atoms with E-state index in [0.29, 0.717) is 19.3 Å². The van der Waals surface area contributed by atoms with E-state index < -0.39 is 6.10 Å². The summed E-state index contributed by atoms with van der Waals surface area (Å²) in [6.07, 6.45) is 64.2. The minimum absolute atomic E-state index is 0.0938. The Bertz CT molecular complexity index is 1220. The summed E-state index contributed by atoms with van der Waals surface area (Å²) in [6.45, 7) is 6.37. The van der Waals surface area contributed by atoms with Crippen molar-refractivity contribution in [1.29, 1.82) is 0 Å². The average Bonchev–Trinajstić information content (AvgIpc) is 3.27. The van der Waals surface area contributed by atoms with Gasteiger partial charge in [-0.2, -0.15) is 0 Å². The van der Waals surface area contributed by atoms with E-state index in [1.807, 2.05) is 0 Å². The molecule has 0 radical (unpaired) electrons. The summed E-state index contributed by atoms with van der Waals surface area (Å²) in [6, 6.07) is 0. The lowest BCUT2D eigenvalue weighted by Crippen LogP contribution is -2.30. The van der Waals surface area contributed by atoms with Crippen molar-refractivity contribution in [2.24, 2.45) is 0 Å². The number of carbonyl (C=O) groups excluding carboxylic acids is 3. The number of allylic oxidation sites excluding steroid dienone is 14. The molecule has 0 aromatic heterocycles. The summed E-state index contributed by atoms with van der Waals surface area (Å²) < 4.78 is 16.7. The van der Waals surface area contributed by atoms with E-state index >= 15 is 0 Å². The van der Waals surface area contributed by atoms with Gasteiger partial charge in [-0.25, -0.2) is 0 Å². The lowest BCUT2D eigenvalue weighted by molar-refractivity contribution is -0.167. The molecule has 0 aromatic rings. The number of carbonyl (C=O) groups is 3. The van der Waals surface area contributed by atoms with Gasteiger partial charge in [0.05, 0.1) is 0 Å². The van der Waals surface area contributed by atoms with E-state index in [4.69, 9.17) is 14.2 Å². The van der Waals surface area contributed by atoms with Crippen molar-refractivity contribution in [3.8, 4) is 0 Å². The zero-order valence-corrected chi connectivity index (χ0v) is 40.4. The van der Waals surface area contributed by atoms with Crippen molar-refractivity contribution in [2.45, 2.75) is 239 Å². The summed E-state index contributed by atoms with van der Waals surface area (Å²) >= 11 is 0. The molecule has 0 rings (SSSR count). The Balaban J connectivity index is 4.44. The third kappa shape index (κ3) is 47.6. The second-order valence-electron chi connectivity index (χ2n) is 16.7. The van der Waals surface area contributed by atoms with E-state index in [-0.39, 0.29) is 31.1 Å². The highest BCUT2D eigenvalue weighted by atomic mass is 16.6. The smallest absolute Gasteiger partial charge is 0.306 e. The van der Waals surface area contributed by atoms with Gasteiger partial charge in [0.1, 0.15) is 13.2 Å². The summed E-state index contributed by atoms with van der Waals surface area (Å²) in [4.78, 5) is 37.9. The Hall–Kier alpha value is -3.41. The normalized spacial score (nSPS) is 12.8. The highest BCUT2D eigenvalue weighted by Crippen LogP contribution is 2.14. The Kier molecular flexibility index (Phi) is 47.5. The van der Waals surface area contributed by atoms with E-state index in [1.54, 1.807) is 0 Å². The van der Waals surface area contributed by atoms with E-state index in [0.717, 1.165) is 128 Å². The molecule has 0 saturated heterocycles. The van der Waals surface area contributed by atoms with Crippen molar-refractivity contribution in [3.63, 3.8) is 0 Å². The van der Waals surface area contributed by atoms with Crippen LogP contribution in [0.25, 0.3) is 0 Å². The molecule has 6 heteroatoms. The van der Waals surface area contributed by atoms with Crippen LogP contribution in [-0.2, 0) is 28.6 Å². The predicted octanol–water partition coefficient (Wildman–Crippen LogP) is 16.8. The maximum absolute atomic E-state index is 12.8. The predicted molar refractivity (Wildman–Crippen MR) is 265 cm³/mol. The summed E-state index contributed by atoms with van der Waals surface area (Å²) in [7, 11) is 0. The fourth-order valence-corrected chi connectivity index (χ4v) is 6.86. The molecule has 0 N–H and O–H groups in total. The zero-order valence-electron chi connectivity index (χ0n) is 40.4. The second kappa shape index (κ2) is 50.2. The highest BCUT2D eigenvalue weighted by Gasteiger charge is 2.19. The van der Waals surface area contributed by atoms with Crippen LogP contribution in [0.1, 0.15) is 233 Å². The van der Waals surface area contributed by atoms with Gasteiger partial charge in [-0.15, -0.1) is 0 Å². The molecule has 62 heavy (non-hydrogen) atoms. The fraction of sp³-hybridized carbons (Fsp3) is 0.696. The largest absolute Gasteiger partial charge is 0.462 e. The van der Waals surface area contributed by atoms with Crippen LogP contribution in [0, 0.1) is 0 Å². The maximum atomic E-state index is 12.8. The first-order valence-electron chi connectivity index (χ1n) is 25.6. The van der Waals surface area contributed by atoms with Crippen molar-refractivity contribution in [3.05, 3.63) is 85.1 Å². The van der Waals surface area contributed by atoms with Gasteiger partial charge in [-0.1, -0.05) is 209 Å². The minimum Gasteiger partial charge on any atom is -0.462 e. The average molecular weight is 863 g/mol. The van der Waals surface area contributed by atoms with Crippen LogP contribution in [0.15, 0.2) is 85.1 Å². The molecular weight excluding hydrogens is 769 g/mol. The first kappa shape index (κ1) is 58.6. The molecule has 0 amide bonds. The van der Waals surface area contributed by atoms with E-state index in [9.17, 15) is 14.4 Å². The topological polar surface area (TPSA) is 78.9 Å². The van der Waals surface area contributed by atoms with E-state index in [2.05, 4.69) is 106 Å². The molecular formula is C56H94O6. The van der Waals surface area contributed by atoms with Gasteiger partial charge in [0, 0.05) is 19.3 Å². The molecule has 1 atom stereocenters. The molecule has 1 unspecified atom stereocenters. The van der Waals surface area contributed by atoms with Gasteiger partial charge in [0.2, 0.25) is 0 Å². The van der Waals surface area contributed by atoms with Crippen LogP contribution in [-0.4, -0.2) is 37.2 Å². The van der Waals surface area contributed by atoms with Crippen molar-refractivity contribution >= 4 is 17.9 Å². The van der Waals surface area contributed by atoms with Crippen LogP contribution in [0.4, 0.5) is 0 Å². The Morgan fingerprint density at radius 1 is 0.339 bits per heavy atom. The van der Waals surface area contributed by atoms with Crippen molar-refractivity contribution < 1.29 is 28.6 Å². The van der Waals surface area contributed by atoms with Gasteiger partial charge in [0.15, 0.2) is 6.10 Å². The highest BCUT2D eigenvalue weighted by molar-refractivity contribution is 5.71. The van der Waals surface area contributed by atoms with Gasteiger partial charge in [-0.3, -0.25) is 14.4 Å². The number of hydrogen-bond donors (Lipinski definition) is 0. The first-order chi connectivity index (χ1) is 30.5. The molecule has 0 bridgehead atoms. The van der Waals surface area contributed by atoms with E-state index in [1.165, 1.54) is 64.2 Å². The third-order valence-corrected chi connectivity index (χ3v) is 10.6. The lowest BCUT2D eigenvalue weighted by atomic mass is 10.0. The molecule has 354 valence electrons. The van der Waals surface area contributed by atoms with Crippen LogP contribution in [0.5, 0.6) is 0 Å².